The molecule has 20 heavy (non-hydrogen) atoms. The molecule has 0 N–H and O–H groups in total. The maximum Gasteiger partial charge on any atom is 0.163 e. The van der Waals surface area contributed by atoms with Crippen LogP contribution in [-0.2, 0) is 0 Å². The maximum atomic E-state index is 7.17. The molecule has 1 heteroatoms. The highest BCUT2D eigenvalue weighted by Gasteiger charge is 2.09. The molecule has 0 spiro atoms. The number of rotatable bonds is 1. The van der Waals surface area contributed by atoms with Crippen LogP contribution >= 0.6 is 0 Å². The van der Waals surface area contributed by atoms with E-state index in [-0.39, 0.29) is 0 Å². The second kappa shape index (κ2) is 4.83. The molecule has 0 heterocycles. The zero-order valence-electron chi connectivity index (χ0n) is 11.6. The van der Waals surface area contributed by atoms with Gasteiger partial charge >= 0.3 is 0 Å². The van der Waals surface area contributed by atoms with Gasteiger partial charge in [-0.25, -0.2) is 4.85 Å². The molecule has 0 unspecified atom stereocenters. The highest BCUT2D eigenvalue weighted by Crippen LogP contribution is 2.33. The van der Waals surface area contributed by atoms with Gasteiger partial charge in [0.15, 0.2) is 5.70 Å². The fourth-order valence-corrected chi connectivity index (χ4v) is 2.78. The Morgan fingerprint density at radius 3 is 1.80 bits per heavy atom. The minimum atomic E-state index is 0.712. The van der Waals surface area contributed by atoms with Gasteiger partial charge in [0.1, 0.15) is 0 Å². The van der Waals surface area contributed by atoms with Crippen LogP contribution < -0.4 is 0 Å². The summed E-state index contributed by atoms with van der Waals surface area (Å²) in [6, 6.07) is 16.8. The molecule has 0 saturated heterocycles. The average molecular weight is 257 g/mol. The van der Waals surface area contributed by atoms with Crippen LogP contribution in [0.25, 0.3) is 32.5 Å². The molecule has 96 valence electrons. The summed E-state index contributed by atoms with van der Waals surface area (Å²) in [7, 11) is 0. The molecule has 0 fully saturated rings. The first kappa shape index (κ1) is 12.4. The smallest absolute Gasteiger partial charge is 0.163 e. The Morgan fingerprint density at radius 1 is 0.900 bits per heavy atom. The third-order valence-corrected chi connectivity index (χ3v) is 3.77. The summed E-state index contributed by atoms with van der Waals surface area (Å²) < 4.78 is 0. The highest BCUT2D eigenvalue weighted by molar-refractivity contribution is 6.09. The van der Waals surface area contributed by atoms with Crippen LogP contribution in [0.5, 0.6) is 0 Å². The first-order valence-electron chi connectivity index (χ1n) is 6.68. The number of aryl methyl sites for hydroxylation is 1. The topological polar surface area (TPSA) is 4.36 Å². The van der Waals surface area contributed by atoms with E-state index in [2.05, 4.69) is 60.3 Å². The molecule has 0 aliphatic carbocycles. The van der Waals surface area contributed by atoms with Crippen molar-refractivity contribution in [3.8, 4) is 0 Å². The van der Waals surface area contributed by atoms with Gasteiger partial charge in [-0.3, -0.25) is 0 Å². The van der Waals surface area contributed by atoms with Gasteiger partial charge < -0.3 is 0 Å². The van der Waals surface area contributed by atoms with Crippen molar-refractivity contribution in [1.82, 2.24) is 0 Å². The molecule has 1 nitrogen and oxygen atoms in total. The van der Waals surface area contributed by atoms with Crippen LogP contribution in [0.1, 0.15) is 18.1 Å². The maximum absolute atomic E-state index is 7.17. The van der Waals surface area contributed by atoms with E-state index < -0.39 is 0 Å². The van der Waals surface area contributed by atoms with Crippen LogP contribution in [0.4, 0.5) is 0 Å². The Morgan fingerprint density at radius 2 is 1.35 bits per heavy atom. The molecule has 0 aromatic heterocycles. The van der Waals surface area contributed by atoms with E-state index in [4.69, 9.17) is 6.57 Å². The van der Waals surface area contributed by atoms with Crippen molar-refractivity contribution in [3.63, 3.8) is 0 Å². The minimum absolute atomic E-state index is 0.712. The SMILES string of the molecule is [C-]#[N+]/C(C)=C\c1c2ccccc2c(C)c2ccccc12. The Kier molecular flexibility index (Phi) is 3.00. The summed E-state index contributed by atoms with van der Waals surface area (Å²) in [5.74, 6) is 0. The lowest BCUT2D eigenvalue weighted by molar-refractivity contribution is 1.55. The summed E-state index contributed by atoms with van der Waals surface area (Å²) in [5, 5.41) is 4.95. The van der Waals surface area contributed by atoms with Crippen LogP contribution in [0, 0.1) is 13.5 Å². The largest absolute Gasteiger partial charge is 0.243 e. The number of hydrogen-bond donors (Lipinski definition) is 0. The molecule has 0 radical (unpaired) electrons. The van der Waals surface area contributed by atoms with Gasteiger partial charge in [0.25, 0.3) is 0 Å². The van der Waals surface area contributed by atoms with E-state index in [1.807, 2.05) is 13.0 Å². The number of fused-ring (bicyclic) bond motifs is 2. The van der Waals surface area contributed by atoms with Crippen molar-refractivity contribution in [2.75, 3.05) is 0 Å². The van der Waals surface area contributed by atoms with Crippen LogP contribution in [0.15, 0.2) is 54.2 Å². The van der Waals surface area contributed by atoms with E-state index in [1.165, 1.54) is 27.1 Å². The number of benzene rings is 3. The van der Waals surface area contributed by atoms with Crippen molar-refractivity contribution in [2.24, 2.45) is 0 Å². The number of nitrogens with zero attached hydrogens (tertiary/aromatic N) is 1. The van der Waals surface area contributed by atoms with E-state index in [0.717, 1.165) is 5.56 Å². The van der Waals surface area contributed by atoms with Crippen molar-refractivity contribution in [2.45, 2.75) is 13.8 Å². The second-order valence-electron chi connectivity index (χ2n) is 5.03. The molecule has 3 rings (SSSR count). The molecule has 0 atom stereocenters. The molecule has 3 aromatic rings. The van der Waals surface area contributed by atoms with E-state index in [0.29, 0.717) is 5.70 Å². The lowest BCUT2D eigenvalue weighted by atomic mass is 9.92. The fraction of sp³-hybridized carbons (Fsp3) is 0.105. The molecular formula is C19H15N. The molecule has 0 aliphatic heterocycles. The summed E-state index contributed by atoms with van der Waals surface area (Å²) in [5.41, 5.74) is 3.16. The fourth-order valence-electron chi connectivity index (χ4n) is 2.78. The van der Waals surface area contributed by atoms with Gasteiger partial charge in [-0.2, -0.15) is 0 Å². The molecular weight excluding hydrogens is 242 g/mol. The number of hydrogen-bond acceptors (Lipinski definition) is 0. The Labute approximate surface area is 119 Å². The average Bonchev–Trinajstić information content (AvgIpc) is 2.51. The first-order chi connectivity index (χ1) is 9.72. The van der Waals surface area contributed by atoms with E-state index in [1.54, 1.807) is 0 Å². The van der Waals surface area contributed by atoms with E-state index in [9.17, 15) is 0 Å². The summed E-state index contributed by atoms with van der Waals surface area (Å²) in [6.45, 7) is 11.2. The first-order valence-corrected chi connectivity index (χ1v) is 6.68. The Hall–Kier alpha value is -2.59. The lowest BCUT2D eigenvalue weighted by Crippen LogP contribution is -1.88. The minimum Gasteiger partial charge on any atom is -0.243 e. The lowest BCUT2D eigenvalue weighted by Gasteiger charge is -2.12. The van der Waals surface area contributed by atoms with Gasteiger partial charge in [-0.1, -0.05) is 54.6 Å². The zero-order chi connectivity index (χ0) is 14.1. The normalized spacial score (nSPS) is 11.8. The van der Waals surface area contributed by atoms with Crippen molar-refractivity contribution in [1.29, 1.82) is 0 Å². The number of allylic oxidation sites excluding steroid dienone is 1. The summed E-state index contributed by atoms with van der Waals surface area (Å²) in [4.78, 5) is 3.53. The zero-order valence-corrected chi connectivity index (χ0v) is 11.6. The molecule has 3 aromatic carbocycles. The van der Waals surface area contributed by atoms with Gasteiger partial charge in [0.2, 0.25) is 0 Å². The second-order valence-corrected chi connectivity index (χ2v) is 5.03. The predicted octanol–water partition coefficient (Wildman–Crippen LogP) is 5.58. The van der Waals surface area contributed by atoms with Gasteiger partial charge in [-0.15, -0.1) is 0 Å². The van der Waals surface area contributed by atoms with Crippen LogP contribution in [0.2, 0.25) is 0 Å². The van der Waals surface area contributed by atoms with Crippen molar-refractivity contribution in [3.05, 3.63) is 76.8 Å². The quantitative estimate of drug-likeness (QED) is 0.396. The van der Waals surface area contributed by atoms with Crippen LogP contribution in [-0.4, -0.2) is 0 Å². The standard InChI is InChI=1S/C19H15N/c1-13(20-3)12-19-17-10-6-4-8-15(17)14(2)16-9-5-7-11-18(16)19/h4-12H,1-2H3/b13-12-. The van der Waals surface area contributed by atoms with Crippen molar-refractivity contribution < 1.29 is 0 Å². The van der Waals surface area contributed by atoms with Gasteiger partial charge in [-0.05, 0) is 46.5 Å². The molecule has 0 bridgehead atoms. The van der Waals surface area contributed by atoms with Gasteiger partial charge in [0, 0.05) is 0 Å². The summed E-state index contributed by atoms with van der Waals surface area (Å²) in [6.07, 6.45) is 2.00. The molecule has 0 saturated carbocycles. The Bertz CT molecular complexity index is 822. The Balaban J connectivity index is 2.57. The monoisotopic (exact) mass is 257 g/mol. The molecule has 0 aliphatic rings. The van der Waals surface area contributed by atoms with E-state index >= 15 is 0 Å². The third-order valence-electron chi connectivity index (χ3n) is 3.77. The molecule has 0 amide bonds. The van der Waals surface area contributed by atoms with Gasteiger partial charge in [0.05, 0.1) is 6.57 Å². The highest BCUT2D eigenvalue weighted by atomic mass is 14.6. The van der Waals surface area contributed by atoms with Crippen molar-refractivity contribution >= 4 is 27.6 Å². The third kappa shape index (κ3) is 1.87. The summed E-state index contributed by atoms with van der Waals surface area (Å²) >= 11 is 0. The predicted molar refractivity (Wildman–Crippen MR) is 86.4 cm³/mol. The van der Waals surface area contributed by atoms with Crippen LogP contribution in [0.3, 0.4) is 0 Å².